The molecular weight excluding hydrogens is 346 g/mol. The summed E-state index contributed by atoms with van der Waals surface area (Å²) in [4.78, 5) is 24.0. The highest BCUT2D eigenvalue weighted by molar-refractivity contribution is 6.32. The fourth-order valence-electron chi connectivity index (χ4n) is 2.14. The lowest BCUT2D eigenvalue weighted by Crippen LogP contribution is -2.21. The normalized spacial score (nSPS) is 10.1. The maximum absolute atomic E-state index is 12.1. The Labute approximate surface area is 150 Å². The number of amides is 1. The van der Waals surface area contributed by atoms with Crippen LogP contribution in [0, 0.1) is 6.92 Å². The molecule has 6 nitrogen and oxygen atoms in total. The molecule has 0 aliphatic rings. The number of benzene rings is 2. The van der Waals surface area contributed by atoms with Gasteiger partial charge in [0.1, 0.15) is 11.5 Å². The molecule has 0 spiro atoms. The van der Waals surface area contributed by atoms with E-state index in [1.807, 2.05) is 0 Å². The topological polar surface area (TPSA) is 73.9 Å². The number of carbonyl (C=O) groups excluding carboxylic acids is 2. The van der Waals surface area contributed by atoms with E-state index in [0.717, 1.165) is 0 Å². The van der Waals surface area contributed by atoms with Crippen molar-refractivity contribution < 1.29 is 23.8 Å². The minimum Gasteiger partial charge on any atom is -0.497 e. The second kappa shape index (κ2) is 8.39. The first-order valence-electron chi connectivity index (χ1n) is 7.39. The van der Waals surface area contributed by atoms with Crippen LogP contribution >= 0.6 is 11.6 Å². The van der Waals surface area contributed by atoms with Crippen LogP contribution in [0.15, 0.2) is 36.4 Å². The Hall–Kier alpha value is -2.73. The number of ether oxygens (including phenoxy) is 3. The number of esters is 1. The first kappa shape index (κ1) is 18.6. The highest BCUT2D eigenvalue weighted by Crippen LogP contribution is 2.27. The third-order valence-corrected chi connectivity index (χ3v) is 3.72. The van der Waals surface area contributed by atoms with Crippen molar-refractivity contribution in [3.8, 4) is 11.5 Å². The molecule has 25 heavy (non-hydrogen) atoms. The molecular formula is C18H18ClNO5. The van der Waals surface area contributed by atoms with Gasteiger partial charge in [-0.05, 0) is 48.9 Å². The summed E-state index contributed by atoms with van der Waals surface area (Å²) in [5.74, 6) is 0.0908. The van der Waals surface area contributed by atoms with E-state index in [9.17, 15) is 9.59 Å². The van der Waals surface area contributed by atoms with Crippen LogP contribution in [-0.4, -0.2) is 32.7 Å². The molecule has 132 valence electrons. The molecule has 0 aliphatic heterocycles. The summed E-state index contributed by atoms with van der Waals surface area (Å²) >= 11 is 5.99. The van der Waals surface area contributed by atoms with Crippen LogP contribution in [0.1, 0.15) is 15.9 Å². The van der Waals surface area contributed by atoms with Crippen LogP contribution in [0.5, 0.6) is 11.5 Å². The van der Waals surface area contributed by atoms with E-state index < -0.39 is 18.5 Å². The molecule has 0 saturated carbocycles. The predicted octanol–water partition coefficient (Wildman–Crippen LogP) is 3.46. The highest BCUT2D eigenvalue weighted by atomic mass is 35.5. The fourth-order valence-corrected chi connectivity index (χ4v) is 2.40. The third-order valence-electron chi connectivity index (χ3n) is 3.42. The maximum atomic E-state index is 12.1. The van der Waals surface area contributed by atoms with E-state index in [0.29, 0.717) is 33.3 Å². The van der Waals surface area contributed by atoms with Crippen molar-refractivity contribution in [1.82, 2.24) is 0 Å². The summed E-state index contributed by atoms with van der Waals surface area (Å²) in [6, 6.07) is 9.78. The molecule has 2 rings (SSSR count). The summed E-state index contributed by atoms with van der Waals surface area (Å²) in [6.07, 6.45) is 0. The van der Waals surface area contributed by atoms with Crippen LogP contribution in [-0.2, 0) is 9.53 Å². The van der Waals surface area contributed by atoms with E-state index in [-0.39, 0.29) is 0 Å². The Morgan fingerprint density at radius 3 is 2.44 bits per heavy atom. The monoisotopic (exact) mass is 363 g/mol. The number of rotatable bonds is 6. The van der Waals surface area contributed by atoms with Crippen LogP contribution in [0.25, 0.3) is 0 Å². The van der Waals surface area contributed by atoms with Gasteiger partial charge in [-0.1, -0.05) is 11.6 Å². The maximum Gasteiger partial charge on any atom is 0.338 e. The van der Waals surface area contributed by atoms with Crippen LogP contribution in [0.2, 0.25) is 5.02 Å². The molecule has 0 atom stereocenters. The van der Waals surface area contributed by atoms with Gasteiger partial charge in [0.25, 0.3) is 5.91 Å². The van der Waals surface area contributed by atoms with Crippen molar-refractivity contribution in [2.24, 2.45) is 0 Å². The molecule has 0 heterocycles. The Morgan fingerprint density at radius 2 is 1.84 bits per heavy atom. The average molecular weight is 364 g/mol. The molecule has 0 bridgehead atoms. The lowest BCUT2D eigenvalue weighted by Gasteiger charge is -2.10. The van der Waals surface area contributed by atoms with E-state index in [1.54, 1.807) is 50.4 Å². The summed E-state index contributed by atoms with van der Waals surface area (Å²) in [5.41, 5.74) is 1.56. The van der Waals surface area contributed by atoms with Gasteiger partial charge in [0, 0.05) is 5.69 Å². The van der Waals surface area contributed by atoms with Gasteiger partial charge >= 0.3 is 5.97 Å². The van der Waals surface area contributed by atoms with Crippen molar-refractivity contribution in [2.45, 2.75) is 6.92 Å². The fraction of sp³-hybridized carbons (Fsp3) is 0.222. The van der Waals surface area contributed by atoms with Gasteiger partial charge in [-0.15, -0.1) is 0 Å². The van der Waals surface area contributed by atoms with Crippen molar-refractivity contribution in [3.63, 3.8) is 0 Å². The van der Waals surface area contributed by atoms with Gasteiger partial charge in [0.2, 0.25) is 0 Å². The Morgan fingerprint density at radius 1 is 1.08 bits per heavy atom. The summed E-state index contributed by atoms with van der Waals surface area (Å²) < 4.78 is 15.2. The molecule has 0 aromatic heterocycles. The SMILES string of the molecule is COc1ccc(C(=O)OCC(=O)Nc2ccc(OC)c(Cl)c2)c(C)c1. The van der Waals surface area contributed by atoms with Gasteiger partial charge in [-0.3, -0.25) is 4.79 Å². The Bertz CT molecular complexity index is 791. The zero-order valence-corrected chi connectivity index (χ0v) is 14.8. The molecule has 0 saturated heterocycles. The van der Waals surface area contributed by atoms with Gasteiger partial charge in [-0.25, -0.2) is 4.79 Å². The molecule has 0 fully saturated rings. The van der Waals surface area contributed by atoms with Crippen molar-refractivity contribution >= 4 is 29.2 Å². The van der Waals surface area contributed by atoms with Crippen LogP contribution in [0.4, 0.5) is 5.69 Å². The van der Waals surface area contributed by atoms with Crippen LogP contribution in [0.3, 0.4) is 0 Å². The smallest absolute Gasteiger partial charge is 0.338 e. The van der Waals surface area contributed by atoms with E-state index >= 15 is 0 Å². The number of hydrogen-bond acceptors (Lipinski definition) is 5. The number of nitrogens with one attached hydrogen (secondary N) is 1. The third kappa shape index (κ3) is 4.87. The minimum absolute atomic E-state index is 0.367. The van der Waals surface area contributed by atoms with Crippen molar-refractivity contribution in [3.05, 3.63) is 52.5 Å². The molecule has 0 unspecified atom stereocenters. The first-order valence-corrected chi connectivity index (χ1v) is 7.77. The first-order chi connectivity index (χ1) is 11.9. The number of aryl methyl sites for hydroxylation is 1. The predicted molar refractivity (Wildman–Crippen MR) is 94.6 cm³/mol. The van der Waals surface area contributed by atoms with Gasteiger partial charge in [0.05, 0.1) is 24.8 Å². The number of anilines is 1. The largest absolute Gasteiger partial charge is 0.497 e. The van der Waals surface area contributed by atoms with E-state index in [4.69, 9.17) is 25.8 Å². The Balaban J connectivity index is 1.93. The highest BCUT2D eigenvalue weighted by Gasteiger charge is 2.14. The number of carbonyl (C=O) groups is 2. The molecule has 7 heteroatoms. The zero-order chi connectivity index (χ0) is 18.4. The Kier molecular flexibility index (Phi) is 6.25. The minimum atomic E-state index is -0.580. The van der Waals surface area contributed by atoms with Gasteiger partial charge < -0.3 is 19.5 Å². The number of methoxy groups -OCH3 is 2. The molecule has 2 aromatic rings. The quantitative estimate of drug-likeness (QED) is 0.795. The van der Waals surface area contributed by atoms with E-state index in [2.05, 4.69) is 5.32 Å². The second-order valence-corrected chi connectivity index (χ2v) is 5.56. The lowest BCUT2D eigenvalue weighted by atomic mass is 10.1. The lowest BCUT2D eigenvalue weighted by molar-refractivity contribution is -0.119. The molecule has 0 aliphatic carbocycles. The molecule has 2 aromatic carbocycles. The molecule has 0 radical (unpaired) electrons. The number of hydrogen-bond donors (Lipinski definition) is 1. The second-order valence-electron chi connectivity index (χ2n) is 5.15. The van der Waals surface area contributed by atoms with Gasteiger partial charge in [0.15, 0.2) is 6.61 Å². The van der Waals surface area contributed by atoms with Crippen LogP contribution < -0.4 is 14.8 Å². The summed E-state index contributed by atoms with van der Waals surface area (Å²) in [6.45, 7) is 1.35. The zero-order valence-electron chi connectivity index (χ0n) is 14.1. The average Bonchev–Trinajstić information content (AvgIpc) is 2.59. The van der Waals surface area contributed by atoms with Gasteiger partial charge in [-0.2, -0.15) is 0 Å². The number of halogens is 1. The summed E-state index contributed by atoms with van der Waals surface area (Å²) in [7, 11) is 3.04. The molecule has 1 N–H and O–H groups in total. The summed E-state index contributed by atoms with van der Waals surface area (Å²) in [5, 5.41) is 2.96. The van der Waals surface area contributed by atoms with E-state index in [1.165, 1.54) is 7.11 Å². The standard InChI is InChI=1S/C18H18ClNO5/c1-11-8-13(23-2)5-6-14(11)18(22)25-10-17(21)20-12-4-7-16(24-3)15(19)9-12/h4-9H,10H2,1-3H3,(H,20,21). The molecule has 1 amide bonds. The van der Waals surface area contributed by atoms with Crippen molar-refractivity contribution in [2.75, 3.05) is 26.1 Å². The van der Waals surface area contributed by atoms with Crippen molar-refractivity contribution in [1.29, 1.82) is 0 Å².